The van der Waals surface area contributed by atoms with Gasteiger partial charge in [-0.2, -0.15) is 0 Å². The molecule has 4 N–H and O–H groups in total. The molecule has 2 atom stereocenters. The summed E-state index contributed by atoms with van der Waals surface area (Å²) in [6, 6.07) is 5.43. The minimum absolute atomic E-state index is 0.114. The molecule has 0 saturated carbocycles. The molecule has 4 nitrogen and oxygen atoms in total. The maximum Gasteiger partial charge on any atom is 0.221 e. The van der Waals surface area contributed by atoms with E-state index in [2.05, 4.69) is 5.32 Å². The number of aliphatic hydroxyl groups excluding tert-OH is 1. The highest BCUT2D eigenvalue weighted by atomic mass is 16.3. The van der Waals surface area contributed by atoms with Crippen LogP contribution in [0.4, 0.5) is 5.69 Å². The number of carbonyl (C=O) groups excluding carboxylic acids is 1. The van der Waals surface area contributed by atoms with E-state index in [-0.39, 0.29) is 11.9 Å². The van der Waals surface area contributed by atoms with Crippen LogP contribution in [0.15, 0.2) is 18.2 Å². The van der Waals surface area contributed by atoms with Crippen molar-refractivity contribution in [2.75, 3.05) is 5.32 Å². The van der Waals surface area contributed by atoms with Crippen LogP contribution in [0.25, 0.3) is 0 Å². The van der Waals surface area contributed by atoms with Gasteiger partial charge in [0.05, 0.1) is 6.10 Å². The van der Waals surface area contributed by atoms with Crippen molar-refractivity contribution in [1.29, 1.82) is 0 Å². The largest absolute Gasteiger partial charge is 0.387 e. The smallest absolute Gasteiger partial charge is 0.221 e. The topological polar surface area (TPSA) is 75.3 Å². The van der Waals surface area contributed by atoms with Gasteiger partial charge in [-0.05, 0) is 42.5 Å². The Morgan fingerprint density at radius 1 is 1.53 bits per heavy atom. The Balaban J connectivity index is 2.34. The zero-order valence-electron chi connectivity index (χ0n) is 9.94. The fraction of sp³-hybridized carbons (Fsp3) is 0.462. The summed E-state index contributed by atoms with van der Waals surface area (Å²) in [5, 5.41) is 12.9. The van der Waals surface area contributed by atoms with Crippen molar-refractivity contribution in [3.8, 4) is 0 Å². The highest BCUT2D eigenvalue weighted by Gasteiger charge is 2.23. The fourth-order valence-corrected chi connectivity index (χ4v) is 2.30. The zero-order valence-corrected chi connectivity index (χ0v) is 9.94. The molecule has 1 aliphatic rings. The lowest BCUT2D eigenvalue weighted by molar-refractivity contribution is -0.114. The highest BCUT2D eigenvalue weighted by Crippen LogP contribution is 2.30. The van der Waals surface area contributed by atoms with Gasteiger partial charge in [0, 0.05) is 18.7 Å². The number of carbonyl (C=O) groups is 1. The molecule has 0 saturated heterocycles. The number of aryl methyl sites for hydroxylation is 1. The number of anilines is 1. The van der Waals surface area contributed by atoms with E-state index in [0.717, 1.165) is 30.4 Å². The lowest BCUT2D eigenvalue weighted by Crippen LogP contribution is -2.27. The average molecular weight is 234 g/mol. The molecule has 0 spiro atoms. The van der Waals surface area contributed by atoms with Crippen LogP contribution >= 0.6 is 0 Å². The van der Waals surface area contributed by atoms with Crippen molar-refractivity contribution in [1.82, 2.24) is 0 Å². The van der Waals surface area contributed by atoms with Gasteiger partial charge in [0.2, 0.25) is 5.91 Å². The minimum Gasteiger partial charge on any atom is -0.387 e. The molecule has 92 valence electrons. The summed E-state index contributed by atoms with van der Waals surface area (Å²) >= 11 is 0. The van der Waals surface area contributed by atoms with Crippen LogP contribution in [0, 0.1) is 0 Å². The van der Waals surface area contributed by atoms with Crippen LogP contribution < -0.4 is 11.1 Å². The first kappa shape index (κ1) is 12.1. The Hall–Kier alpha value is -1.39. The van der Waals surface area contributed by atoms with Crippen LogP contribution in [0.1, 0.15) is 37.0 Å². The summed E-state index contributed by atoms with van der Waals surface area (Å²) < 4.78 is 0. The quantitative estimate of drug-likeness (QED) is 0.642. The Labute approximate surface area is 101 Å². The second-order valence-corrected chi connectivity index (χ2v) is 4.60. The van der Waals surface area contributed by atoms with Crippen LogP contribution in [0.2, 0.25) is 0 Å². The predicted octanol–water partition coefficient (Wildman–Crippen LogP) is 1.34. The third kappa shape index (κ3) is 2.65. The molecule has 2 unspecified atom stereocenters. The van der Waals surface area contributed by atoms with Crippen LogP contribution in [-0.4, -0.2) is 17.1 Å². The average Bonchev–Trinajstić information content (AvgIpc) is 2.40. The first-order chi connectivity index (χ1) is 8.08. The normalized spacial score (nSPS) is 23.7. The van der Waals surface area contributed by atoms with E-state index >= 15 is 0 Å². The molecule has 0 radical (unpaired) electrons. The number of hydrogen-bond donors (Lipinski definition) is 3. The van der Waals surface area contributed by atoms with Crippen molar-refractivity contribution in [2.45, 2.75) is 38.3 Å². The summed E-state index contributed by atoms with van der Waals surface area (Å²) in [5.41, 5.74) is 8.59. The van der Waals surface area contributed by atoms with Crippen molar-refractivity contribution >= 4 is 11.6 Å². The Bertz CT molecular complexity index is 431. The van der Waals surface area contributed by atoms with Gasteiger partial charge in [-0.15, -0.1) is 0 Å². The summed E-state index contributed by atoms with van der Waals surface area (Å²) in [7, 11) is 0. The molecule has 0 bridgehead atoms. The molecular formula is C13H18N2O2. The summed E-state index contributed by atoms with van der Waals surface area (Å²) in [6.45, 7) is 1.47. The lowest BCUT2D eigenvalue weighted by atomic mass is 9.98. The number of amides is 1. The number of aliphatic hydroxyl groups is 1. The Kier molecular flexibility index (Phi) is 3.45. The summed E-state index contributed by atoms with van der Waals surface area (Å²) in [4.78, 5) is 11.0. The molecule has 4 heteroatoms. The van der Waals surface area contributed by atoms with E-state index in [9.17, 15) is 9.90 Å². The molecule has 1 aromatic rings. The number of rotatable bonds is 1. The molecule has 0 fully saturated rings. The molecule has 0 heterocycles. The van der Waals surface area contributed by atoms with Gasteiger partial charge in [0.15, 0.2) is 0 Å². The number of hydrogen-bond acceptors (Lipinski definition) is 3. The molecule has 1 aliphatic carbocycles. The third-order valence-electron chi connectivity index (χ3n) is 3.17. The van der Waals surface area contributed by atoms with E-state index in [1.807, 2.05) is 18.2 Å². The summed E-state index contributed by atoms with van der Waals surface area (Å²) in [5.74, 6) is -0.114. The SMILES string of the molecule is CC(=O)Nc1ccc2c(c1)C(O)C(N)CCC2. The van der Waals surface area contributed by atoms with Gasteiger partial charge in [-0.25, -0.2) is 0 Å². The molecule has 2 rings (SSSR count). The molecule has 17 heavy (non-hydrogen) atoms. The summed E-state index contributed by atoms with van der Waals surface area (Å²) in [6.07, 6.45) is 2.11. The van der Waals surface area contributed by atoms with Crippen molar-refractivity contribution < 1.29 is 9.90 Å². The minimum atomic E-state index is -0.638. The van der Waals surface area contributed by atoms with Gasteiger partial charge < -0.3 is 16.2 Å². The maximum atomic E-state index is 11.0. The van der Waals surface area contributed by atoms with Gasteiger partial charge in [0.25, 0.3) is 0 Å². The number of nitrogens with one attached hydrogen (secondary N) is 1. The third-order valence-corrected chi connectivity index (χ3v) is 3.17. The van der Waals surface area contributed by atoms with Gasteiger partial charge in [-0.3, -0.25) is 4.79 Å². The molecular weight excluding hydrogens is 216 g/mol. The molecule has 1 aromatic carbocycles. The second kappa shape index (κ2) is 4.85. The van der Waals surface area contributed by atoms with Gasteiger partial charge in [0.1, 0.15) is 0 Å². The van der Waals surface area contributed by atoms with Crippen LogP contribution in [0.5, 0.6) is 0 Å². The molecule has 1 amide bonds. The zero-order chi connectivity index (χ0) is 12.4. The van der Waals surface area contributed by atoms with E-state index < -0.39 is 6.10 Å². The fourth-order valence-electron chi connectivity index (χ4n) is 2.30. The Morgan fingerprint density at radius 3 is 3.00 bits per heavy atom. The number of fused-ring (bicyclic) bond motifs is 1. The van der Waals surface area contributed by atoms with E-state index in [0.29, 0.717) is 5.69 Å². The second-order valence-electron chi connectivity index (χ2n) is 4.60. The van der Waals surface area contributed by atoms with Gasteiger partial charge >= 0.3 is 0 Å². The molecule has 0 aromatic heterocycles. The molecule has 0 aliphatic heterocycles. The van der Waals surface area contributed by atoms with E-state index in [4.69, 9.17) is 5.73 Å². The first-order valence-electron chi connectivity index (χ1n) is 5.92. The predicted molar refractivity (Wildman–Crippen MR) is 66.6 cm³/mol. The number of nitrogens with two attached hydrogens (primary N) is 1. The maximum absolute atomic E-state index is 11.0. The number of benzene rings is 1. The Morgan fingerprint density at radius 2 is 2.29 bits per heavy atom. The standard InChI is InChI=1S/C13H18N2O2/c1-8(16)15-10-6-5-9-3-2-4-12(14)13(17)11(9)7-10/h5-7,12-13,17H,2-4,14H2,1H3,(H,15,16). The van der Waals surface area contributed by atoms with Crippen molar-refractivity contribution in [3.63, 3.8) is 0 Å². The van der Waals surface area contributed by atoms with Crippen molar-refractivity contribution in [3.05, 3.63) is 29.3 Å². The highest BCUT2D eigenvalue weighted by molar-refractivity contribution is 5.88. The van der Waals surface area contributed by atoms with E-state index in [1.54, 1.807) is 0 Å². The lowest BCUT2D eigenvalue weighted by Gasteiger charge is -2.18. The van der Waals surface area contributed by atoms with Crippen molar-refractivity contribution in [2.24, 2.45) is 5.73 Å². The van der Waals surface area contributed by atoms with Crippen LogP contribution in [-0.2, 0) is 11.2 Å². The first-order valence-corrected chi connectivity index (χ1v) is 5.92. The van der Waals surface area contributed by atoms with E-state index in [1.165, 1.54) is 6.92 Å². The van der Waals surface area contributed by atoms with Gasteiger partial charge in [-0.1, -0.05) is 6.07 Å². The monoisotopic (exact) mass is 234 g/mol. The van der Waals surface area contributed by atoms with Crippen LogP contribution in [0.3, 0.4) is 0 Å².